The van der Waals surface area contributed by atoms with Crippen LogP contribution in [0.15, 0.2) is 18.2 Å². The SMILES string of the molecule is CCOC(=O)CCN(C(=O)c1cc(NC(C)=O)ccc1F)C1CC1. The van der Waals surface area contributed by atoms with Gasteiger partial charge in [0.15, 0.2) is 0 Å². The summed E-state index contributed by atoms with van der Waals surface area (Å²) in [6.07, 6.45) is 1.74. The van der Waals surface area contributed by atoms with E-state index in [1.54, 1.807) is 6.92 Å². The van der Waals surface area contributed by atoms with Crippen molar-refractivity contribution in [3.8, 4) is 0 Å². The topological polar surface area (TPSA) is 75.7 Å². The van der Waals surface area contributed by atoms with Crippen LogP contribution in [0.3, 0.4) is 0 Å². The summed E-state index contributed by atoms with van der Waals surface area (Å²) in [5, 5.41) is 2.53. The Morgan fingerprint density at radius 1 is 1.33 bits per heavy atom. The molecule has 0 aliphatic heterocycles. The smallest absolute Gasteiger partial charge is 0.307 e. The highest BCUT2D eigenvalue weighted by molar-refractivity contribution is 5.97. The Bertz CT molecular complexity index is 643. The quantitative estimate of drug-likeness (QED) is 0.776. The highest BCUT2D eigenvalue weighted by Gasteiger charge is 2.34. The lowest BCUT2D eigenvalue weighted by molar-refractivity contribution is -0.143. The fourth-order valence-corrected chi connectivity index (χ4v) is 2.41. The van der Waals surface area contributed by atoms with E-state index in [2.05, 4.69) is 5.32 Å². The molecule has 0 aromatic heterocycles. The first kappa shape index (κ1) is 17.9. The summed E-state index contributed by atoms with van der Waals surface area (Å²) in [6, 6.07) is 3.89. The zero-order valence-corrected chi connectivity index (χ0v) is 13.8. The van der Waals surface area contributed by atoms with Crippen LogP contribution in [0.5, 0.6) is 0 Å². The monoisotopic (exact) mass is 336 g/mol. The van der Waals surface area contributed by atoms with Gasteiger partial charge < -0.3 is 15.0 Å². The minimum atomic E-state index is -0.657. The fraction of sp³-hybridized carbons (Fsp3) is 0.471. The van der Waals surface area contributed by atoms with Gasteiger partial charge >= 0.3 is 5.97 Å². The van der Waals surface area contributed by atoms with E-state index in [1.165, 1.54) is 24.0 Å². The molecule has 0 bridgehead atoms. The zero-order chi connectivity index (χ0) is 17.7. The van der Waals surface area contributed by atoms with Gasteiger partial charge in [-0.3, -0.25) is 14.4 Å². The van der Waals surface area contributed by atoms with Gasteiger partial charge in [0.25, 0.3) is 5.91 Å². The Labute approximate surface area is 140 Å². The maximum Gasteiger partial charge on any atom is 0.307 e. The number of hydrogen-bond acceptors (Lipinski definition) is 4. The normalized spacial score (nSPS) is 13.3. The van der Waals surface area contributed by atoms with Gasteiger partial charge in [-0.2, -0.15) is 0 Å². The Morgan fingerprint density at radius 2 is 2.04 bits per heavy atom. The Balaban J connectivity index is 2.14. The number of nitrogens with zero attached hydrogens (tertiary/aromatic N) is 1. The molecule has 0 heterocycles. The highest BCUT2D eigenvalue weighted by atomic mass is 19.1. The van der Waals surface area contributed by atoms with Gasteiger partial charge in [-0.05, 0) is 38.0 Å². The number of esters is 1. The van der Waals surface area contributed by atoms with Crippen molar-refractivity contribution in [3.05, 3.63) is 29.6 Å². The average Bonchev–Trinajstić information content (AvgIpc) is 3.34. The van der Waals surface area contributed by atoms with Crippen molar-refractivity contribution < 1.29 is 23.5 Å². The number of anilines is 1. The van der Waals surface area contributed by atoms with Crippen molar-refractivity contribution in [1.82, 2.24) is 4.90 Å². The Kier molecular flexibility index (Phi) is 5.89. The molecule has 1 saturated carbocycles. The molecular formula is C17H21FN2O4. The molecule has 24 heavy (non-hydrogen) atoms. The molecule has 2 amide bonds. The highest BCUT2D eigenvalue weighted by Crippen LogP contribution is 2.29. The van der Waals surface area contributed by atoms with E-state index in [-0.39, 0.29) is 43.1 Å². The molecule has 1 N–H and O–H groups in total. The average molecular weight is 336 g/mol. The van der Waals surface area contributed by atoms with Crippen molar-refractivity contribution in [2.24, 2.45) is 0 Å². The molecule has 1 aliphatic carbocycles. The van der Waals surface area contributed by atoms with E-state index in [1.807, 2.05) is 0 Å². The van der Waals surface area contributed by atoms with Crippen LogP contribution < -0.4 is 5.32 Å². The van der Waals surface area contributed by atoms with Gasteiger partial charge in [-0.25, -0.2) is 4.39 Å². The second-order valence-corrected chi connectivity index (χ2v) is 5.66. The molecule has 0 atom stereocenters. The van der Waals surface area contributed by atoms with Gasteiger partial charge in [-0.15, -0.1) is 0 Å². The number of nitrogens with one attached hydrogen (secondary N) is 1. The third-order valence-electron chi connectivity index (χ3n) is 3.63. The van der Waals surface area contributed by atoms with Crippen molar-refractivity contribution in [2.75, 3.05) is 18.5 Å². The third kappa shape index (κ3) is 4.78. The standard InChI is InChI=1S/C17H21FN2O4/c1-3-24-16(22)8-9-20(13-5-6-13)17(23)14-10-12(19-11(2)21)4-7-15(14)18/h4,7,10,13H,3,5-6,8-9H2,1-2H3,(H,19,21). The Hall–Kier alpha value is -2.44. The second kappa shape index (κ2) is 7.90. The molecule has 0 unspecified atom stereocenters. The molecule has 0 spiro atoms. The number of hydrogen-bond donors (Lipinski definition) is 1. The predicted octanol–water partition coefficient (Wildman–Crippen LogP) is 2.34. The largest absolute Gasteiger partial charge is 0.466 e. The van der Waals surface area contributed by atoms with Crippen LogP contribution in [0.4, 0.5) is 10.1 Å². The van der Waals surface area contributed by atoms with Crippen LogP contribution in [0.2, 0.25) is 0 Å². The van der Waals surface area contributed by atoms with Crippen LogP contribution in [-0.2, 0) is 14.3 Å². The van der Waals surface area contributed by atoms with Gasteiger partial charge in [0.2, 0.25) is 5.91 Å². The number of amides is 2. The predicted molar refractivity (Wildman–Crippen MR) is 86.0 cm³/mol. The Morgan fingerprint density at radius 3 is 2.62 bits per heavy atom. The maximum atomic E-state index is 14.1. The maximum absolute atomic E-state index is 14.1. The van der Waals surface area contributed by atoms with Gasteiger partial charge in [0.1, 0.15) is 5.82 Å². The van der Waals surface area contributed by atoms with Crippen molar-refractivity contribution in [1.29, 1.82) is 0 Å². The molecule has 6 nitrogen and oxygen atoms in total. The molecular weight excluding hydrogens is 315 g/mol. The zero-order valence-electron chi connectivity index (χ0n) is 13.8. The second-order valence-electron chi connectivity index (χ2n) is 5.66. The lowest BCUT2D eigenvalue weighted by Crippen LogP contribution is -2.35. The summed E-state index contributed by atoms with van der Waals surface area (Å²) in [7, 11) is 0. The first-order chi connectivity index (χ1) is 11.4. The summed E-state index contributed by atoms with van der Waals surface area (Å²) in [5.41, 5.74) is 0.241. The van der Waals surface area contributed by atoms with Gasteiger partial charge in [0.05, 0.1) is 18.6 Å². The summed E-state index contributed by atoms with van der Waals surface area (Å²) in [6.45, 7) is 3.51. The molecule has 130 valence electrons. The van der Waals surface area contributed by atoms with Crippen molar-refractivity contribution in [3.63, 3.8) is 0 Å². The van der Waals surface area contributed by atoms with Gasteiger partial charge in [0, 0.05) is 25.2 Å². The molecule has 7 heteroatoms. The van der Waals surface area contributed by atoms with Crippen LogP contribution in [0, 0.1) is 5.82 Å². The summed E-state index contributed by atoms with van der Waals surface area (Å²) in [5.74, 6) is -1.83. The fourth-order valence-electron chi connectivity index (χ4n) is 2.41. The van der Waals surface area contributed by atoms with E-state index in [4.69, 9.17) is 4.74 Å². The third-order valence-corrected chi connectivity index (χ3v) is 3.63. The van der Waals surface area contributed by atoms with E-state index >= 15 is 0 Å². The molecule has 1 fully saturated rings. The van der Waals surface area contributed by atoms with E-state index in [0.29, 0.717) is 5.69 Å². The van der Waals surface area contributed by atoms with Crippen LogP contribution >= 0.6 is 0 Å². The summed E-state index contributed by atoms with van der Waals surface area (Å²) < 4.78 is 18.9. The van der Waals surface area contributed by atoms with E-state index < -0.39 is 11.7 Å². The molecule has 1 aromatic rings. The molecule has 0 saturated heterocycles. The number of benzene rings is 1. The van der Waals surface area contributed by atoms with Crippen molar-refractivity contribution in [2.45, 2.75) is 39.2 Å². The first-order valence-corrected chi connectivity index (χ1v) is 7.96. The lowest BCUT2D eigenvalue weighted by Gasteiger charge is -2.22. The molecule has 0 radical (unpaired) electrons. The molecule has 1 aliphatic rings. The van der Waals surface area contributed by atoms with Crippen LogP contribution in [0.1, 0.15) is 43.5 Å². The number of ether oxygens (including phenoxy) is 1. The molecule has 2 rings (SSSR count). The van der Waals surface area contributed by atoms with Crippen LogP contribution in [0.25, 0.3) is 0 Å². The number of carbonyl (C=O) groups is 3. The number of rotatable bonds is 7. The van der Waals surface area contributed by atoms with Crippen molar-refractivity contribution >= 4 is 23.5 Å². The van der Waals surface area contributed by atoms with Gasteiger partial charge in [-0.1, -0.05) is 0 Å². The minimum absolute atomic E-state index is 0.0238. The summed E-state index contributed by atoms with van der Waals surface area (Å²) in [4.78, 5) is 36.8. The molecule has 1 aromatic carbocycles. The minimum Gasteiger partial charge on any atom is -0.466 e. The number of carbonyl (C=O) groups excluding carboxylic acids is 3. The van der Waals surface area contributed by atoms with E-state index in [0.717, 1.165) is 18.9 Å². The first-order valence-electron chi connectivity index (χ1n) is 7.96. The van der Waals surface area contributed by atoms with Crippen LogP contribution in [-0.4, -0.2) is 41.9 Å². The lowest BCUT2D eigenvalue weighted by atomic mass is 10.1. The summed E-state index contributed by atoms with van der Waals surface area (Å²) >= 11 is 0. The number of halogens is 1. The van der Waals surface area contributed by atoms with E-state index in [9.17, 15) is 18.8 Å².